The van der Waals surface area contributed by atoms with Gasteiger partial charge in [0.25, 0.3) is 0 Å². The van der Waals surface area contributed by atoms with E-state index >= 15 is 0 Å². The monoisotopic (exact) mass is 953 g/mol. The Hall–Kier alpha value is -6.64. The van der Waals surface area contributed by atoms with E-state index in [4.69, 9.17) is 4.42 Å². The molecule has 4 aromatic heterocycles. The summed E-state index contributed by atoms with van der Waals surface area (Å²) in [5, 5.41) is 14.7. The second kappa shape index (κ2) is 14.9. The Labute approximate surface area is 363 Å². The SMILES string of the molecule is CC(C)(C)c1ccc(-c2[c-]cccc2)nc1.CC1(C)c2ccccc2-c2cc3c4ccccc4n(-c4c(C#N)ccc5c4oc4c(-c6ccccn6)[c-]ccc45)c3cc21.[Ir]. The van der Waals surface area contributed by atoms with Gasteiger partial charge in [0.15, 0.2) is 0 Å². The van der Waals surface area contributed by atoms with Crippen molar-refractivity contribution in [3.05, 3.63) is 186 Å². The predicted octanol–water partition coefficient (Wildman–Crippen LogP) is 13.6. The van der Waals surface area contributed by atoms with E-state index in [1.165, 1.54) is 27.8 Å². The minimum atomic E-state index is -0.155. The van der Waals surface area contributed by atoms with Crippen LogP contribution < -0.4 is 0 Å². The zero-order chi connectivity index (χ0) is 40.5. The van der Waals surface area contributed by atoms with E-state index in [-0.39, 0.29) is 30.9 Å². The molecule has 0 atom stereocenters. The van der Waals surface area contributed by atoms with E-state index in [1.54, 1.807) is 6.20 Å². The molecule has 0 amide bonds. The van der Waals surface area contributed by atoms with Crippen molar-refractivity contribution in [1.29, 1.82) is 5.26 Å². The summed E-state index contributed by atoms with van der Waals surface area (Å²) < 4.78 is 9.01. The summed E-state index contributed by atoms with van der Waals surface area (Å²) in [6.07, 6.45) is 3.73. The average molecular weight is 953 g/mol. The number of nitriles is 1. The first-order valence-electron chi connectivity index (χ1n) is 20.0. The first-order valence-corrected chi connectivity index (χ1v) is 20.0. The largest absolute Gasteiger partial charge is 0.498 e. The second-order valence-corrected chi connectivity index (χ2v) is 16.8. The van der Waals surface area contributed by atoms with Gasteiger partial charge in [-0.25, -0.2) is 0 Å². The van der Waals surface area contributed by atoms with Gasteiger partial charge < -0.3 is 19.0 Å². The average Bonchev–Trinajstić information content (AvgIpc) is 3.88. The minimum Gasteiger partial charge on any atom is -0.498 e. The van der Waals surface area contributed by atoms with Gasteiger partial charge in [0, 0.05) is 54.1 Å². The van der Waals surface area contributed by atoms with Crippen LogP contribution in [0.3, 0.4) is 0 Å². The maximum Gasteiger partial charge on any atom is 0.146 e. The zero-order valence-corrected chi connectivity index (χ0v) is 36.4. The van der Waals surface area contributed by atoms with Gasteiger partial charge in [0.2, 0.25) is 0 Å². The standard InChI is InChI=1S/C39H24N3O.C15H16N.Ir/c1-39(2)31-14-5-3-10-24(31)29-20-30-25-11-4-6-16-34(25)42(35(30)21-32(29)39)36-23(22-40)17-18-27-26-12-9-13-28(37(26)43-38(27)36)33-15-7-8-19-41-33;1-15(2,3)13-9-10-14(16-11-13)12-7-5-4-6-8-12;/h3-12,14-21H,1-2H3;4-7,9-11H,1-3H3;/q2*-1;. The second-order valence-electron chi connectivity index (χ2n) is 16.8. The minimum absolute atomic E-state index is 0. The van der Waals surface area contributed by atoms with Gasteiger partial charge in [-0.3, -0.25) is 0 Å². The van der Waals surface area contributed by atoms with E-state index in [2.05, 4.69) is 140 Å². The molecule has 0 fully saturated rings. The Kier molecular flexibility index (Phi) is 9.63. The van der Waals surface area contributed by atoms with Crippen molar-refractivity contribution in [2.75, 3.05) is 0 Å². The molecule has 0 saturated heterocycles. The zero-order valence-electron chi connectivity index (χ0n) is 34.0. The summed E-state index contributed by atoms with van der Waals surface area (Å²) >= 11 is 0. The van der Waals surface area contributed by atoms with Crippen LogP contribution in [0.1, 0.15) is 56.9 Å². The molecule has 4 heterocycles. The Morgan fingerprint density at radius 2 is 1.43 bits per heavy atom. The number of fused-ring (bicyclic) bond motifs is 9. The van der Waals surface area contributed by atoms with E-state index in [9.17, 15) is 5.26 Å². The molecule has 0 unspecified atom stereocenters. The molecule has 1 aliphatic carbocycles. The van der Waals surface area contributed by atoms with Crippen LogP contribution in [0.5, 0.6) is 0 Å². The van der Waals surface area contributed by atoms with Crippen molar-refractivity contribution >= 4 is 43.7 Å². The van der Waals surface area contributed by atoms with Crippen LogP contribution in [0.15, 0.2) is 156 Å². The molecule has 0 aliphatic heterocycles. The number of hydrogen-bond acceptors (Lipinski definition) is 4. The molecule has 1 aliphatic rings. The molecule has 60 heavy (non-hydrogen) atoms. The number of furan rings is 1. The maximum atomic E-state index is 10.5. The van der Waals surface area contributed by atoms with Crippen molar-refractivity contribution in [3.63, 3.8) is 0 Å². The Balaban J connectivity index is 0.000000230. The van der Waals surface area contributed by atoms with Crippen molar-refractivity contribution in [3.8, 4) is 45.4 Å². The van der Waals surface area contributed by atoms with Crippen LogP contribution in [0.25, 0.3) is 83.1 Å². The summed E-state index contributed by atoms with van der Waals surface area (Å²) in [6, 6.07) is 56.7. The summed E-state index contributed by atoms with van der Waals surface area (Å²) in [7, 11) is 0. The van der Waals surface area contributed by atoms with Crippen molar-refractivity contribution < 1.29 is 24.5 Å². The molecule has 0 bridgehead atoms. The Morgan fingerprint density at radius 3 is 2.18 bits per heavy atom. The van der Waals surface area contributed by atoms with Crippen LogP contribution >= 0.6 is 0 Å². The molecular weight excluding hydrogens is 913 g/mol. The Morgan fingerprint density at radius 1 is 0.650 bits per heavy atom. The fourth-order valence-corrected chi connectivity index (χ4v) is 8.76. The van der Waals surface area contributed by atoms with Gasteiger partial charge in [-0.15, -0.1) is 54.1 Å². The topological polar surface area (TPSA) is 67.6 Å². The summed E-state index contributed by atoms with van der Waals surface area (Å²) in [4.78, 5) is 9.06. The van der Waals surface area contributed by atoms with Crippen LogP contribution in [-0.2, 0) is 30.9 Å². The number of rotatable bonds is 3. The van der Waals surface area contributed by atoms with Gasteiger partial charge in [-0.2, -0.15) is 5.26 Å². The van der Waals surface area contributed by atoms with Gasteiger partial charge in [0.1, 0.15) is 17.3 Å². The van der Waals surface area contributed by atoms with Gasteiger partial charge in [0.05, 0.1) is 22.2 Å². The van der Waals surface area contributed by atoms with E-state index in [0.717, 1.165) is 60.8 Å². The van der Waals surface area contributed by atoms with E-state index in [1.807, 2.05) is 72.9 Å². The number of benzene rings is 6. The molecule has 6 heteroatoms. The first-order chi connectivity index (χ1) is 28.6. The third-order valence-corrected chi connectivity index (χ3v) is 11.8. The summed E-state index contributed by atoms with van der Waals surface area (Å²) in [5.41, 5.74) is 14.9. The van der Waals surface area contributed by atoms with E-state index in [0.29, 0.717) is 16.7 Å². The maximum absolute atomic E-state index is 10.5. The molecular formula is C54H40IrN4O-2. The number of para-hydroxylation sites is 1. The Bertz CT molecular complexity index is 3280. The van der Waals surface area contributed by atoms with E-state index < -0.39 is 0 Å². The molecule has 1 radical (unpaired) electrons. The molecule has 5 nitrogen and oxygen atoms in total. The summed E-state index contributed by atoms with van der Waals surface area (Å²) in [6.45, 7) is 11.2. The number of hydrogen-bond donors (Lipinski definition) is 0. The molecule has 6 aromatic carbocycles. The molecule has 10 aromatic rings. The summed E-state index contributed by atoms with van der Waals surface area (Å²) in [5.74, 6) is 0. The molecule has 293 valence electrons. The molecule has 11 rings (SSSR count). The number of aromatic nitrogens is 3. The molecule has 0 spiro atoms. The van der Waals surface area contributed by atoms with Crippen molar-refractivity contribution in [2.45, 2.75) is 45.4 Å². The van der Waals surface area contributed by atoms with Crippen LogP contribution in [0.4, 0.5) is 0 Å². The van der Waals surface area contributed by atoms with Crippen LogP contribution in [0, 0.1) is 23.5 Å². The normalized spacial score (nSPS) is 12.7. The molecule has 0 saturated carbocycles. The van der Waals surface area contributed by atoms with Crippen LogP contribution in [0.2, 0.25) is 0 Å². The third kappa shape index (κ3) is 6.25. The molecule has 0 N–H and O–H groups in total. The number of pyridine rings is 2. The van der Waals surface area contributed by atoms with Gasteiger partial charge >= 0.3 is 0 Å². The van der Waals surface area contributed by atoms with Crippen molar-refractivity contribution in [2.24, 2.45) is 0 Å². The fraction of sp³-hybridized carbons (Fsp3) is 0.130. The van der Waals surface area contributed by atoms with Gasteiger partial charge in [-0.05, 0) is 75.0 Å². The smallest absolute Gasteiger partial charge is 0.146 e. The van der Waals surface area contributed by atoms with Crippen molar-refractivity contribution in [1.82, 2.24) is 14.5 Å². The first kappa shape index (κ1) is 38.9. The number of nitrogens with zero attached hydrogens (tertiary/aromatic N) is 4. The third-order valence-electron chi connectivity index (χ3n) is 11.8. The van der Waals surface area contributed by atoms with Gasteiger partial charge in [-0.1, -0.05) is 118 Å². The predicted molar refractivity (Wildman–Crippen MR) is 240 cm³/mol. The quantitative estimate of drug-likeness (QED) is 0.166. The fourth-order valence-electron chi connectivity index (χ4n) is 8.76. The van der Waals surface area contributed by atoms with Crippen LogP contribution in [-0.4, -0.2) is 14.5 Å².